The van der Waals surface area contributed by atoms with Crippen molar-refractivity contribution in [2.45, 2.75) is 20.3 Å². The summed E-state index contributed by atoms with van der Waals surface area (Å²) in [7, 11) is 0. The molecule has 1 rings (SSSR count). The lowest BCUT2D eigenvalue weighted by Crippen LogP contribution is -2.40. The van der Waals surface area contributed by atoms with Crippen molar-refractivity contribution in [3.8, 4) is 0 Å². The van der Waals surface area contributed by atoms with Gasteiger partial charge in [0.2, 0.25) is 0 Å². The number of carbonyl (C=O) groups is 1. The zero-order valence-electron chi connectivity index (χ0n) is 8.67. The first kappa shape index (κ1) is 10.9. The molecule has 1 aliphatic heterocycles. The minimum absolute atomic E-state index is 0.00707. The number of amides is 1. The third kappa shape index (κ3) is 2.96. The summed E-state index contributed by atoms with van der Waals surface area (Å²) in [5.41, 5.74) is 1.52. The van der Waals surface area contributed by atoms with Gasteiger partial charge in [0.25, 0.3) is 5.91 Å². The predicted octanol–water partition coefficient (Wildman–Crippen LogP) is 1.18. The van der Waals surface area contributed by atoms with Gasteiger partial charge in [-0.3, -0.25) is 4.79 Å². The van der Waals surface area contributed by atoms with Gasteiger partial charge < -0.3 is 15.0 Å². The summed E-state index contributed by atoms with van der Waals surface area (Å²) in [5, 5.41) is 7.28. The SMILES string of the molecule is CC(=N)C/C=C(\C)N1CCOCC1=O. The van der Waals surface area contributed by atoms with E-state index < -0.39 is 0 Å². The van der Waals surface area contributed by atoms with Gasteiger partial charge in [-0.15, -0.1) is 0 Å². The van der Waals surface area contributed by atoms with E-state index in [9.17, 15) is 4.79 Å². The average molecular weight is 196 g/mol. The highest BCUT2D eigenvalue weighted by Crippen LogP contribution is 2.09. The molecule has 1 fully saturated rings. The van der Waals surface area contributed by atoms with Crippen molar-refractivity contribution >= 4 is 11.6 Å². The molecule has 4 heteroatoms. The molecule has 14 heavy (non-hydrogen) atoms. The van der Waals surface area contributed by atoms with Gasteiger partial charge >= 0.3 is 0 Å². The Hall–Kier alpha value is -1.16. The highest BCUT2D eigenvalue weighted by atomic mass is 16.5. The summed E-state index contributed by atoms with van der Waals surface area (Å²) in [6.07, 6.45) is 2.52. The van der Waals surface area contributed by atoms with Crippen LogP contribution in [0.5, 0.6) is 0 Å². The van der Waals surface area contributed by atoms with Crippen molar-refractivity contribution in [1.82, 2.24) is 4.90 Å². The van der Waals surface area contributed by atoms with Crippen LogP contribution in [-0.2, 0) is 9.53 Å². The van der Waals surface area contributed by atoms with E-state index in [0.717, 1.165) is 5.70 Å². The minimum atomic E-state index is 0.00707. The molecule has 0 aliphatic carbocycles. The van der Waals surface area contributed by atoms with E-state index >= 15 is 0 Å². The molecule has 1 saturated heterocycles. The number of carbonyl (C=O) groups excluding carboxylic acids is 1. The maximum Gasteiger partial charge on any atom is 0.252 e. The normalized spacial score (nSPS) is 18.6. The van der Waals surface area contributed by atoms with Crippen molar-refractivity contribution in [3.63, 3.8) is 0 Å². The number of nitrogens with zero attached hydrogens (tertiary/aromatic N) is 1. The third-order valence-electron chi connectivity index (χ3n) is 2.12. The van der Waals surface area contributed by atoms with E-state index in [1.54, 1.807) is 11.8 Å². The Morgan fingerprint density at radius 2 is 2.36 bits per heavy atom. The van der Waals surface area contributed by atoms with Crippen LogP contribution >= 0.6 is 0 Å². The zero-order chi connectivity index (χ0) is 10.6. The van der Waals surface area contributed by atoms with Crippen LogP contribution in [0.3, 0.4) is 0 Å². The van der Waals surface area contributed by atoms with Gasteiger partial charge in [0.05, 0.1) is 6.61 Å². The molecule has 0 spiro atoms. The molecule has 0 unspecified atom stereocenters. The van der Waals surface area contributed by atoms with E-state index in [0.29, 0.717) is 25.3 Å². The average Bonchev–Trinajstić information content (AvgIpc) is 2.15. The largest absolute Gasteiger partial charge is 0.370 e. The number of ether oxygens (including phenoxy) is 1. The summed E-state index contributed by atoms with van der Waals surface area (Å²) in [5.74, 6) is 0.00707. The van der Waals surface area contributed by atoms with Crippen molar-refractivity contribution < 1.29 is 9.53 Å². The van der Waals surface area contributed by atoms with Gasteiger partial charge in [0.1, 0.15) is 6.61 Å². The number of hydrogen-bond acceptors (Lipinski definition) is 3. The fraction of sp³-hybridized carbons (Fsp3) is 0.600. The summed E-state index contributed by atoms with van der Waals surface area (Å²) in [6, 6.07) is 0. The molecule has 78 valence electrons. The maximum atomic E-state index is 11.4. The fourth-order valence-electron chi connectivity index (χ4n) is 1.30. The smallest absolute Gasteiger partial charge is 0.252 e. The summed E-state index contributed by atoms with van der Waals surface area (Å²) >= 11 is 0. The molecule has 0 radical (unpaired) electrons. The number of hydrogen-bond donors (Lipinski definition) is 1. The van der Waals surface area contributed by atoms with Gasteiger partial charge in [-0.05, 0) is 13.8 Å². The highest BCUT2D eigenvalue weighted by molar-refractivity contribution is 5.81. The molecule has 4 nitrogen and oxygen atoms in total. The van der Waals surface area contributed by atoms with Crippen molar-refractivity contribution in [3.05, 3.63) is 11.8 Å². The molecule has 1 aliphatic rings. The van der Waals surface area contributed by atoms with Crippen LogP contribution in [0.15, 0.2) is 11.8 Å². The molecule has 0 aromatic heterocycles. The van der Waals surface area contributed by atoms with Crippen LogP contribution in [0, 0.1) is 5.41 Å². The van der Waals surface area contributed by atoms with Gasteiger partial charge in [-0.25, -0.2) is 0 Å². The molecule has 1 N–H and O–H groups in total. The Bertz CT molecular complexity index is 271. The lowest BCUT2D eigenvalue weighted by atomic mass is 10.2. The predicted molar refractivity (Wildman–Crippen MR) is 54.3 cm³/mol. The quantitative estimate of drug-likeness (QED) is 0.689. The summed E-state index contributed by atoms with van der Waals surface area (Å²) in [4.78, 5) is 13.1. The maximum absolute atomic E-state index is 11.4. The Morgan fingerprint density at radius 3 is 2.93 bits per heavy atom. The fourth-order valence-corrected chi connectivity index (χ4v) is 1.30. The number of nitrogens with one attached hydrogen (secondary N) is 1. The molecule has 0 aromatic rings. The Kier molecular flexibility index (Phi) is 3.83. The Morgan fingerprint density at radius 1 is 1.64 bits per heavy atom. The third-order valence-corrected chi connectivity index (χ3v) is 2.12. The van der Waals surface area contributed by atoms with Crippen LogP contribution in [0.4, 0.5) is 0 Å². The minimum Gasteiger partial charge on any atom is -0.370 e. The van der Waals surface area contributed by atoms with Crippen LogP contribution in [0.25, 0.3) is 0 Å². The van der Waals surface area contributed by atoms with Gasteiger partial charge in [0, 0.05) is 24.4 Å². The highest BCUT2D eigenvalue weighted by Gasteiger charge is 2.19. The van der Waals surface area contributed by atoms with Crippen molar-refractivity contribution in [2.75, 3.05) is 19.8 Å². The molecule has 0 saturated carbocycles. The van der Waals surface area contributed by atoms with Gasteiger partial charge in [0.15, 0.2) is 0 Å². The van der Waals surface area contributed by atoms with Crippen molar-refractivity contribution in [1.29, 1.82) is 5.41 Å². The van der Waals surface area contributed by atoms with Crippen molar-refractivity contribution in [2.24, 2.45) is 0 Å². The first-order chi connectivity index (χ1) is 6.61. The lowest BCUT2D eigenvalue weighted by Gasteiger charge is -2.27. The van der Waals surface area contributed by atoms with E-state index in [4.69, 9.17) is 10.1 Å². The molecule has 0 aromatic carbocycles. The van der Waals surface area contributed by atoms with E-state index in [1.807, 2.05) is 13.0 Å². The first-order valence-corrected chi connectivity index (χ1v) is 4.70. The zero-order valence-corrected chi connectivity index (χ0v) is 8.67. The number of allylic oxidation sites excluding steroid dienone is 2. The van der Waals surface area contributed by atoms with E-state index in [2.05, 4.69) is 0 Å². The van der Waals surface area contributed by atoms with E-state index in [-0.39, 0.29) is 12.5 Å². The van der Waals surface area contributed by atoms with Gasteiger partial charge in [-0.2, -0.15) is 0 Å². The Balaban J connectivity index is 2.57. The second kappa shape index (κ2) is 4.91. The van der Waals surface area contributed by atoms with Gasteiger partial charge in [-0.1, -0.05) is 6.08 Å². The molecule has 0 atom stereocenters. The van der Waals surface area contributed by atoms with E-state index in [1.165, 1.54) is 0 Å². The van der Waals surface area contributed by atoms with Crippen LogP contribution in [0.1, 0.15) is 20.3 Å². The second-order valence-electron chi connectivity index (χ2n) is 3.43. The lowest BCUT2D eigenvalue weighted by molar-refractivity contribution is -0.140. The van der Waals surface area contributed by atoms with Crippen LogP contribution in [0.2, 0.25) is 0 Å². The topological polar surface area (TPSA) is 53.4 Å². The standard InChI is InChI=1S/C10H16N2O2/c1-8(11)3-4-9(2)12-5-6-14-7-10(12)13/h4,11H,3,5-7H2,1-2H3/b9-4+,11-8?. The Labute approximate surface area is 84.0 Å². The number of rotatable bonds is 3. The molecule has 1 heterocycles. The molecule has 0 bridgehead atoms. The number of morpholine rings is 1. The van der Waals surface area contributed by atoms with Crippen LogP contribution < -0.4 is 0 Å². The second-order valence-corrected chi connectivity index (χ2v) is 3.43. The first-order valence-electron chi connectivity index (χ1n) is 4.70. The summed E-state index contributed by atoms with van der Waals surface area (Å²) in [6.45, 7) is 5.05. The molecular formula is C10H16N2O2. The summed E-state index contributed by atoms with van der Waals surface area (Å²) < 4.78 is 5.03. The van der Waals surface area contributed by atoms with Crippen LogP contribution in [-0.4, -0.2) is 36.3 Å². The molecular weight excluding hydrogens is 180 g/mol. The molecule has 1 amide bonds. The monoisotopic (exact) mass is 196 g/mol.